The monoisotopic (exact) mass is 443 g/mol. The van der Waals surface area contributed by atoms with Gasteiger partial charge in [-0.15, -0.1) is 0 Å². The van der Waals surface area contributed by atoms with E-state index in [-0.39, 0.29) is 12.3 Å². The molecule has 2 aromatic carbocycles. The van der Waals surface area contributed by atoms with Crippen molar-refractivity contribution < 1.29 is 27.7 Å². The Bertz CT molecular complexity index is 856. The zero-order chi connectivity index (χ0) is 22.1. The van der Waals surface area contributed by atoms with Crippen molar-refractivity contribution in [3.05, 3.63) is 46.5 Å². The van der Waals surface area contributed by atoms with Crippen LogP contribution in [0.4, 0.5) is 8.78 Å². The van der Waals surface area contributed by atoms with Gasteiger partial charge in [-0.3, -0.25) is 4.99 Å². The highest BCUT2D eigenvalue weighted by Gasteiger charge is 2.14. The van der Waals surface area contributed by atoms with Crippen LogP contribution in [0.15, 0.2) is 35.3 Å². The van der Waals surface area contributed by atoms with Gasteiger partial charge in [0.25, 0.3) is 0 Å². The van der Waals surface area contributed by atoms with Gasteiger partial charge in [0.15, 0.2) is 17.5 Å². The van der Waals surface area contributed by atoms with E-state index in [9.17, 15) is 8.78 Å². The molecule has 164 valence electrons. The molecule has 0 spiro atoms. The minimum absolute atomic E-state index is 0.0435. The van der Waals surface area contributed by atoms with Gasteiger partial charge in [0.2, 0.25) is 5.75 Å². The molecule has 0 saturated carbocycles. The number of ether oxygens (including phenoxy) is 4. The Labute approximate surface area is 178 Å². The summed E-state index contributed by atoms with van der Waals surface area (Å²) in [6.07, 6.45) is 0. The largest absolute Gasteiger partial charge is 0.493 e. The van der Waals surface area contributed by atoms with Crippen LogP contribution in [0.5, 0.6) is 23.0 Å². The van der Waals surface area contributed by atoms with Crippen LogP contribution >= 0.6 is 11.6 Å². The second-order valence-corrected chi connectivity index (χ2v) is 6.38. The number of benzene rings is 2. The number of aliphatic imine (C=N–C) groups is 1. The van der Waals surface area contributed by atoms with Crippen LogP contribution in [0.1, 0.15) is 11.1 Å². The fourth-order valence-corrected chi connectivity index (χ4v) is 2.91. The molecule has 0 unspecified atom stereocenters. The van der Waals surface area contributed by atoms with Gasteiger partial charge >= 0.3 is 6.61 Å². The summed E-state index contributed by atoms with van der Waals surface area (Å²) >= 11 is 5.97. The van der Waals surface area contributed by atoms with E-state index in [1.165, 1.54) is 19.2 Å². The molecular formula is C20H24ClF2N3O4. The molecule has 10 heteroatoms. The van der Waals surface area contributed by atoms with E-state index < -0.39 is 6.61 Å². The van der Waals surface area contributed by atoms with Gasteiger partial charge in [0.1, 0.15) is 5.75 Å². The fourth-order valence-electron chi connectivity index (χ4n) is 2.72. The summed E-state index contributed by atoms with van der Waals surface area (Å²) in [7, 11) is 6.21. The highest BCUT2D eigenvalue weighted by atomic mass is 35.5. The summed E-state index contributed by atoms with van der Waals surface area (Å²) < 4.78 is 45.8. The molecular weight excluding hydrogens is 420 g/mol. The lowest BCUT2D eigenvalue weighted by molar-refractivity contribution is -0.0504. The van der Waals surface area contributed by atoms with Gasteiger partial charge in [-0.2, -0.15) is 8.78 Å². The van der Waals surface area contributed by atoms with Crippen LogP contribution in [0, 0.1) is 0 Å². The summed E-state index contributed by atoms with van der Waals surface area (Å²) in [6, 6.07) is 8.07. The van der Waals surface area contributed by atoms with Crippen LogP contribution < -0.4 is 29.6 Å². The Hall–Kier alpha value is -2.94. The second-order valence-electron chi connectivity index (χ2n) is 5.94. The standard InChI is InChI=1S/C20H24ClF2N3O4/c1-24-20(26-11-13-9-14(21)5-6-15(13)30-19(22)23)25-10-12-7-16(27-2)18(29-4)17(8-12)28-3/h5-9,19H,10-11H2,1-4H3,(H2,24,25,26). The molecule has 0 radical (unpaired) electrons. The highest BCUT2D eigenvalue weighted by molar-refractivity contribution is 6.30. The molecule has 0 atom stereocenters. The van der Waals surface area contributed by atoms with E-state index in [1.807, 2.05) is 12.1 Å². The van der Waals surface area contributed by atoms with Crippen molar-refractivity contribution in [2.24, 2.45) is 4.99 Å². The zero-order valence-electron chi connectivity index (χ0n) is 17.1. The predicted octanol–water partition coefficient (Wildman–Crippen LogP) is 3.83. The SMILES string of the molecule is CN=C(NCc1cc(OC)c(OC)c(OC)c1)NCc1cc(Cl)ccc1OC(F)F. The smallest absolute Gasteiger partial charge is 0.387 e. The van der Waals surface area contributed by atoms with Crippen molar-refractivity contribution in [3.63, 3.8) is 0 Å². The van der Waals surface area contributed by atoms with Crippen molar-refractivity contribution in [1.29, 1.82) is 0 Å². The molecule has 2 aromatic rings. The summed E-state index contributed by atoms with van der Waals surface area (Å²) in [5.41, 5.74) is 1.33. The minimum atomic E-state index is -2.93. The van der Waals surface area contributed by atoms with Gasteiger partial charge in [-0.05, 0) is 35.9 Å². The van der Waals surface area contributed by atoms with Gasteiger partial charge in [0.05, 0.1) is 21.3 Å². The van der Waals surface area contributed by atoms with Crippen molar-refractivity contribution in [3.8, 4) is 23.0 Å². The lowest BCUT2D eigenvalue weighted by Crippen LogP contribution is -2.36. The third kappa shape index (κ3) is 6.28. The number of rotatable bonds is 9. The number of nitrogens with zero attached hydrogens (tertiary/aromatic N) is 1. The number of methoxy groups -OCH3 is 3. The lowest BCUT2D eigenvalue weighted by atomic mass is 10.1. The van der Waals surface area contributed by atoms with Crippen molar-refractivity contribution in [2.75, 3.05) is 28.4 Å². The summed E-state index contributed by atoms with van der Waals surface area (Å²) in [4.78, 5) is 4.14. The van der Waals surface area contributed by atoms with E-state index >= 15 is 0 Å². The van der Waals surface area contributed by atoms with E-state index in [4.69, 9.17) is 25.8 Å². The Balaban J connectivity index is 2.07. The molecule has 0 heterocycles. The Morgan fingerprint density at radius 2 is 1.60 bits per heavy atom. The van der Waals surface area contributed by atoms with Gasteiger partial charge in [-0.1, -0.05) is 11.6 Å². The Morgan fingerprint density at radius 1 is 0.967 bits per heavy atom. The molecule has 2 rings (SSSR count). The van der Waals surface area contributed by atoms with Crippen LogP contribution in [0.25, 0.3) is 0 Å². The summed E-state index contributed by atoms with van der Waals surface area (Å²) in [5, 5.41) is 6.59. The highest BCUT2D eigenvalue weighted by Crippen LogP contribution is 2.38. The molecule has 0 aliphatic rings. The molecule has 30 heavy (non-hydrogen) atoms. The number of halogens is 3. The maximum absolute atomic E-state index is 12.6. The molecule has 0 saturated heterocycles. The van der Waals surface area contributed by atoms with Gasteiger partial charge in [0, 0.05) is 30.7 Å². The van der Waals surface area contributed by atoms with Crippen molar-refractivity contribution in [2.45, 2.75) is 19.7 Å². The molecule has 0 fully saturated rings. The normalized spacial score (nSPS) is 11.3. The van der Waals surface area contributed by atoms with Crippen LogP contribution in [-0.2, 0) is 13.1 Å². The topological polar surface area (TPSA) is 73.3 Å². The first-order valence-corrected chi connectivity index (χ1v) is 9.26. The molecule has 0 aliphatic heterocycles. The lowest BCUT2D eigenvalue weighted by Gasteiger charge is -2.17. The molecule has 0 aromatic heterocycles. The molecule has 0 aliphatic carbocycles. The molecule has 0 amide bonds. The maximum atomic E-state index is 12.6. The Kier molecular flexibility index (Phi) is 8.79. The average Bonchev–Trinajstić information content (AvgIpc) is 2.74. The third-order valence-corrected chi connectivity index (χ3v) is 4.33. The van der Waals surface area contributed by atoms with Crippen molar-refractivity contribution in [1.82, 2.24) is 10.6 Å². The summed E-state index contributed by atoms with van der Waals surface area (Å²) in [5.74, 6) is 2.06. The predicted molar refractivity (Wildman–Crippen MR) is 111 cm³/mol. The first kappa shape index (κ1) is 23.3. The van der Waals surface area contributed by atoms with Crippen LogP contribution in [-0.4, -0.2) is 40.9 Å². The van der Waals surface area contributed by atoms with Crippen molar-refractivity contribution >= 4 is 17.6 Å². The molecule has 2 N–H and O–H groups in total. The first-order chi connectivity index (χ1) is 14.4. The third-order valence-electron chi connectivity index (χ3n) is 4.09. The fraction of sp³-hybridized carbons (Fsp3) is 0.350. The first-order valence-electron chi connectivity index (χ1n) is 8.88. The van der Waals surface area contributed by atoms with E-state index in [1.54, 1.807) is 27.3 Å². The van der Waals surface area contributed by atoms with E-state index in [0.29, 0.717) is 40.3 Å². The number of hydrogen-bond acceptors (Lipinski definition) is 5. The quantitative estimate of drug-likeness (QED) is 0.453. The van der Waals surface area contributed by atoms with Crippen LogP contribution in [0.2, 0.25) is 5.02 Å². The zero-order valence-corrected chi connectivity index (χ0v) is 17.8. The summed E-state index contributed by atoms with van der Waals surface area (Å²) in [6.45, 7) is -2.36. The number of alkyl halides is 2. The minimum Gasteiger partial charge on any atom is -0.493 e. The van der Waals surface area contributed by atoms with E-state index in [2.05, 4.69) is 20.4 Å². The molecule has 0 bridgehead atoms. The number of nitrogens with one attached hydrogen (secondary N) is 2. The van der Waals surface area contributed by atoms with Gasteiger partial charge in [-0.25, -0.2) is 0 Å². The van der Waals surface area contributed by atoms with E-state index in [0.717, 1.165) is 5.56 Å². The second kappa shape index (κ2) is 11.3. The van der Waals surface area contributed by atoms with Gasteiger partial charge < -0.3 is 29.6 Å². The number of guanidine groups is 1. The maximum Gasteiger partial charge on any atom is 0.387 e. The number of hydrogen-bond donors (Lipinski definition) is 2. The van der Waals surface area contributed by atoms with Crippen LogP contribution in [0.3, 0.4) is 0 Å². The average molecular weight is 444 g/mol. The molecule has 7 nitrogen and oxygen atoms in total. The Morgan fingerprint density at radius 3 is 2.13 bits per heavy atom.